The van der Waals surface area contributed by atoms with Gasteiger partial charge in [-0.3, -0.25) is 14.4 Å². The average molecular weight is 1100 g/mol. The molecule has 1 unspecified atom stereocenters. The zero-order valence-corrected chi connectivity index (χ0v) is 52.1. The molecule has 0 rings (SSSR count). The summed E-state index contributed by atoms with van der Waals surface area (Å²) < 4.78 is 17.0. The minimum Gasteiger partial charge on any atom is -0.462 e. The van der Waals surface area contributed by atoms with Crippen molar-refractivity contribution in [2.75, 3.05) is 13.2 Å². The maximum absolute atomic E-state index is 12.9. The Kier molecular flexibility index (Phi) is 63.7. The Hall–Kier alpha value is -3.67. The topological polar surface area (TPSA) is 78.9 Å². The quantitative estimate of drug-likeness (QED) is 0.0261. The number of esters is 3. The van der Waals surface area contributed by atoms with Crippen molar-refractivity contribution in [1.82, 2.24) is 0 Å². The SMILES string of the molecule is CC/C=C\C/C=C\C/C=C\C/C=C\C/C=C\CCCCCCCCCCCC(=O)OCC(COC(=O)CCCCCCCCC/C=C\C/C=C\C/C=C\CC)OC(=O)CCCCCCCCCCCCCCCCCCCCC. The molecular weight excluding hydrogens is 973 g/mol. The second kappa shape index (κ2) is 66.8. The lowest BCUT2D eigenvalue weighted by molar-refractivity contribution is -0.167. The second-order valence-electron chi connectivity index (χ2n) is 22.3. The van der Waals surface area contributed by atoms with Gasteiger partial charge in [-0.2, -0.15) is 0 Å². The normalized spacial score (nSPS) is 12.7. The Morgan fingerprint density at radius 1 is 0.266 bits per heavy atom. The number of unbranched alkanes of at least 4 members (excludes halogenated alkanes) is 34. The minimum atomic E-state index is -0.785. The van der Waals surface area contributed by atoms with Crippen molar-refractivity contribution in [2.45, 2.75) is 335 Å². The Morgan fingerprint density at radius 2 is 0.494 bits per heavy atom. The van der Waals surface area contributed by atoms with Gasteiger partial charge in [-0.1, -0.05) is 311 Å². The van der Waals surface area contributed by atoms with E-state index in [0.29, 0.717) is 19.3 Å². The van der Waals surface area contributed by atoms with Crippen LogP contribution in [0.25, 0.3) is 0 Å². The third-order valence-electron chi connectivity index (χ3n) is 14.6. The fourth-order valence-corrected chi connectivity index (χ4v) is 9.60. The standard InChI is InChI=1S/C73H126O6/c1-4-7-10-13-16-19-22-25-28-31-33-34-35-36-37-38-40-42-45-48-51-54-57-60-63-66-72(75)78-69-70(68-77-71(74)65-62-59-56-53-50-47-44-41-30-27-24-21-18-15-12-9-6-3)79-73(76)67-64-61-58-55-52-49-46-43-39-32-29-26-23-20-17-14-11-8-5-2/h7,9-10,12,16,18-19,21,25,27-28,30,33-34,36-37,70H,4-6,8,11,13-15,17,20,22-24,26,29,31-32,35,38-69H2,1-3H3/b10-7-,12-9-,19-16-,21-18-,28-25-,30-27-,34-33-,37-36-. The van der Waals surface area contributed by atoms with Crippen LogP contribution >= 0.6 is 0 Å². The summed E-state index contributed by atoms with van der Waals surface area (Å²) in [7, 11) is 0. The summed E-state index contributed by atoms with van der Waals surface area (Å²) in [5, 5.41) is 0. The maximum atomic E-state index is 12.9. The van der Waals surface area contributed by atoms with Gasteiger partial charge in [0.2, 0.25) is 0 Å². The molecule has 1 atom stereocenters. The molecular formula is C73H126O6. The van der Waals surface area contributed by atoms with Crippen LogP contribution in [0.3, 0.4) is 0 Å². The van der Waals surface area contributed by atoms with Crippen LogP contribution in [0, 0.1) is 0 Å². The van der Waals surface area contributed by atoms with Crippen LogP contribution in [0.1, 0.15) is 329 Å². The predicted octanol–water partition coefficient (Wildman–Crippen LogP) is 23.2. The molecule has 0 aliphatic rings. The molecule has 0 amide bonds. The van der Waals surface area contributed by atoms with Gasteiger partial charge >= 0.3 is 17.9 Å². The van der Waals surface area contributed by atoms with Crippen molar-refractivity contribution in [1.29, 1.82) is 0 Å². The lowest BCUT2D eigenvalue weighted by Crippen LogP contribution is -2.30. The molecule has 0 N–H and O–H groups in total. The van der Waals surface area contributed by atoms with Crippen molar-refractivity contribution in [3.63, 3.8) is 0 Å². The molecule has 0 saturated heterocycles. The number of hydrogen-bond acceptors (Lipinski definition) is 6. The van der Waals surface area contributed by atoms with Gasteiger partial charge in [0, 0.05) is 19.3 Å². The highest BCUT2D eigenvalue weighted by atomic mass is 16.6. The van der Waals surface area contributed by atoms with Crippen LogP contribution in [0.15, 0.2) is 97.2 Å². The van der Waals surface area contributed by atoms with E-state index in [1.54, 1.807) is 0 Å². The van der Waals surface area contributed by atoms with Gasteiger partial charge in [0.1, 0.15) is 13.2 Å². The third kappa shape index (κ3) is 65.0. The summed E-state index contributed by atoms with van der Waals surface area (Å²) in [5.41, 5.74) is 0. The van der Waals surface area contributed by atoms with Gasteiger partial charge in [-0.25, -0.2) is 0 Å². The number of carbonyl (C=O) groups is 3. The van der Waals surface area contributed by atoms with E-state index in [1.165, 1.54) is 167 Å². The molecule has 0 aliphatic carbocycles. The van der Waals surface area contributed by atoms with Gasteiger partial charge in [-0.15, -0.1) is 0 Å². The molecule has 0 radical (unpaired) electrons. The smallest absolute Gasteiger partial charge is 0.306 e. The Balaban J connectivity index is 4.36. The zero-order valence-electron chi connectivity index (χ0n) is 52.1. The van der Waals surface area contributed by atoms with Gasteiger partial charge in [0.15, 0.2) is 6.10 Å². The van der Waals surface area contributed by atoms with Crippen LogP contribution in [0.5, 0.6) is 0 Å². The predicted molar refractivity (Wildman–Crippen MR) is 344 cm³/mol. The Bertz CT molecular complexity index is 1540. The van der Waals surface area contributed by atoms with E-state index in [1.807, 2.05) is 0 Å². The lowest BCUT2D eigenvalue weighted by atomic mass is 10.0. The van der Waals surface area contributed by atoms with E-state index in [9.17, 15) is 14.4 Å². The number of ether oxygens (including phenoxy) is 3. The summed E-state index contributed by atoms with van der Waals surface area (Å²) in [6.07, 6.45) is 89.9. The first-order valence-corrected chi connectivity index (χ1v) is 33.7. The van der Waals surface area contributed by atoms with Crippen LogP contribution in [-0.2, 0) is 28.6 Å². The maximum Gasteiger partial charge on any atom is 0.306 e. The molecule has 0 aromatic rings. The van der Waals surface area contributed by atoms with E-state index in [0.717, 1.165) is 122 Å². The summed E-state index contributed by atoms with van der Waals surface area (Å²) >= 11 is 0. The first kappa shape index (κ1) is 75.3. The van der Waals surface area contributed by atoms with Crippen molar-refractivity contribution >= 4 is 17.9 Å². The van der Waals surface area contributed by atoms with Crippen molar-refractivity contribution in [2.24, 2.45) is 0 Å². The molecule has 0 heterocycles. The van der Waals surface area contributed by atoms with E-state index in [4.69, 9.17) is 14.2 Å². The first-order valence-electron chi connectivity index (χ1n) is 33.7. The van der Waals surface area contributed by atoms with Crippen LogP contribution in [0.4, 0.5) is 0 Å². The Labute approximate surface area is 489 Å². The lowest BCUT2D eigenvalue weighted by Gasteiger charge is -2.18. The van der Waals surface area contributed by atoms with Crippen LogP contribution in [-0.4, -0.2) is 37.2 Å². The van der Waals surface area contributed by atoms with Crippen molar-refractivity contribution < 1.29 is 28.6 Å². The molecule has 0 bridgehead atoms. The molecule has 0 aliphatic heterocycles. The molecule has 6 nitrogen and oxygen atoms in total. The molecule has 0 fully saturated rings. The van der Waals surface area contributed by atoms with Gasteiger partial charge in [0.05, 0.1) is 0 Å². The van der Waals surface area contributed by atoms with Gasteiger partial charge in [0.25, 0.3) is 0 Å². The number of hydrogen-bond donors (Lipinski definition) is 0. The Morgan fingerprint density at radius 3 is 0.772 bits per heavy atom. The van der Waals surface area contributed by atoms with Crippen molar-refractivity contribution in [3.8, 4) is 0 Å². The minimum absolute atomic E-state index is 0.0814. The summed E-state index contributed by atoms with van der Waals surface area (Å²) in [6, 6.07) is 0. The van der Waals surface area contributed by atoms with E-state index in [-0.39, 0.29) is 31.1 Å². The van der Waals surface area contributed by atoms with Gasteiger partial charge < -0.3 is 14.2 Å². The molecule has 0 aromatic heterocycles. The summed E-state index contributed by atoms with van der Waals surface area (Å²) in [4.78, 5) is 38.4. The molecule has 0 saturated carbocycles. The third-order valence-corrected chi connectivity index (χ3v) is 14.6. The highest BCUT2D eigenvalue weighted by Crippen LogP contribution is 2.17. The first-order chi connectivity index (χ1) is 39.0. The van der Waals surface area contributed by atoms with Crippen LogP contribution < -0.4 is 0 Å². The largest absolute Gasteiger partial charge is 0.462 e. The molecule has 0 aromatic carbocycles. The fourth-order valence-electron chi connectivity index (χ4n) is 9.60. The van der Waals surface area contributed by atoms with Crippen molar-refractivity contribution in [3.05, 3.63) is 97.2 Å². The molecule has 454 valence electrons. The molecule has 6 heteroatoms. The number of rotatable bonds is 61. The van der Waals surface area contributed by atoms with E-state index >= 15 is 0 Å². The average Bonchev–Trinajstić information content (AvgIpc) is 3.45. The second-order valence-corrected chi connectivity index (χ2v) is 22.3. The van der Waals surface area contributed by atoms with E-state index < -0.39 is 6.10 Å². The van der Waals surface area contributed by atoms with E-state index in [2.05, 4.69) is 118 Å². The number of allylic oxidation sites excluding steroid dienone is 16. The summed E-state index contributed by atoms with van der Waals surface area (Å²) in [5.74, 6) is -0.880. The zero-order chi connectivity index (χ0) is 57.1. The molecule has 79 heavy (non-hydrogen) atoms. The van der Waals surface area contributed by atoms with Gasteiger partial charge in [-0.05, 0) is 96.3 Å². The summed E-state index contributed by atoms with van der Waals surface area (Å²) in [6.45, 7) is 6.45. The highest BCUT2D eigenvalue weighted by Gasteiger charge is 2.19. The van der Waals surface area contributed by atoms with Crippen LogP contribution in [0.2, 0.25) is 0 Å². The molecule has 0 spiro atoms. The number of carbonyl (C=O) groups excluding carboxylic acids is 3. The monoisotopic (exact) mass is 1100 g/mol. The highest BCUT2D eigenvalue weighted by molar-refractivity contribution is 5.71. The fraction of sp³-hybridized carbons (Fsp3) is 0.740.